The number of benzene rings is 2. The molecule has 158 valence electrons. The molecule has 0 spiro atoms. The zero-order chi connectivity index (χ0) is 21.2. The van der Waals surface area contributed by atoms with Crippen LogP contribution in [0.4, 0.5) is 0 Å². The predicted molar refractivity (Wildman–Crippen MR) is 121 cm³/mol. The van der Waals surface area contributed by atoms with Crippen LogP contribution in [0.25, 0.3) is 0 Å². The second kappa shape index (κ2) is 8.34. The Labute approximate surface area is 176 Å². The molecule has 2 aromatic carbocycles. The second-order valence-corrected chi connectivity index (χ2v) is 15.2. The van der Waals surface area contributed by atoms with Gasteiger partial charge in [0.1, 0.15) is 0 Å². The molecular weight excluding hydrogens is 400 g/mol. The van der Waals surface area contributed by atoms with Crippen LogP contribution in [0.1, 0.15) is 40.0 Å². The molecule has 0 heterocycles. The third-order valence-electron chi connectivity index (χ3n) is 5.90. The first-order valence-electron chi connectivity index (χ1n) is 10.2. The van der Waals surface area contributed by atoms with E-state index in [4.69, 9.17) is 8.61 Å². The van der Waals surface area contributed by atoms with E-state index in [1.54, 1.807) is 0 Å². The van der Waals surface area contributed by atoms with Crippen molar-refractivity contribution in [3.63, 3.8) is 0 Å². The summed E-state index contributed by atoms with van der Waals surface area (Å²) in [7, 11) is -5.96. The minimum atomic E-state index is -3.40. The number of hydrogen-bond acceptors (Lipinski definition) is 4. The van der Waals surface area contributed by atoms with Crippen LogP contribution in [0.5, 0.6) is 0 Å². The van der Waals surface area contributed by atoms with Gasteiger partial charge in [-0.2, -0.15) is 8.42 Å². The topological polar surface area (TPSA) is 52.6 Å². The third-order valence-corrected chi connectivity index (χ3v) is 11.5. The Balaban J connectivity index is 1.90. The van der Waals surface area contributed by atoms with Crippen LogP contribution in [0.3, 0.4) is 0 Å². The fraction of sp³-hybridized carbons (Fsp3) is 0.478. The molecule has 29 heavy (non-hydrogen) atoms. The van der Waals surface area contributed by atoms with Crippen LogP contribution < -0.4 is 10.4 Å². The first kappa shape index (κ1) is 22.2. The summed E-state index contributed by atoms with van der Waals surface area (Å²) >= 11 is 0. The van der Waals surface area contributed by atoms with Gasteiger partial charge in [-0.1, -0.05) is 81.4 Å². The first-order valence-corrected chi connectivity index (χ1v) is 13.9. The van der Waals surface area contributed by atoms with E-state index < -0.39 is 18.4 Å². The van der Waals surface area contributed by atoms with Gasteiger partial charge in [0.25, 0.3) is 18.4 Å². The summed E-state index contributed by atoms with van der Waals surface area (Å²) in [5.74, 6) is 0. The highest BCUT2D eigenvalue weighted by Gasteiger charge is 2.53. The maximum absolute atomic E-state index is 11.3. The molecule has 0 unspecified atom stereocenters. The van der Waals surface area contributed by atoms with E-state index in [1.165, 1.54) is 10.4 Å². The van der Waals surface area contributed by atoms with Gasteiger partial charge in [-0.15, -0.1) is 0 Å². The molecule has 4 nitrogen and oxygen atoms in total. The molecule has 0 bridgehead atoms. The summed E-state index contributed by atoms with van der Waals surface area (Å²) in [5.41, 5.74) is 0.0255. The Morgan fingerprint density at radius 3 is 1.79 bits per heavy atom. The molecule has 6 heteroatoms. The molecule has 0 N–H and O–H groups in total. The van der Waals surface area contributed by atoms with Crippen molar-refractivity contribution in [2.75, 3.05) is 19.5 Å². The summed E-state index contributed by atoms with van der Waals surface area (Å²) in [6, 6.07) is 21.2. The largest absolute Gasteiger partial charge is 0.407 e. The van der Waals surface area contributed by atoms with Gasteiger partial charge in [0, 0.05) is 6.61 Å². The SMILES string of the molecule is CC(C)(C)[Si](OCC1(CCOS(C)(=O)=O)CC1)(c1ccccc1)c1ccccc1. The minimum absolute atomic E-state index is 0.0255. The number of hydrogen-bond donors (Lipinski definition) is 0. The van der Waals surface area contributed by atoms with E-state index in [0.717, 1.165) is 19.1 Å². The molecule has 0 atom stereocenters. The van der Waals surface area contributed by atoms with Crippen LogP contribution in [0, 0.1) is 5.41 Å². The molecular formula is C23H32O4SSi. The molecule has 1 saturated carbocycles. The van der Waals surface area contributed by atoms with Crippen LogP contribution >= 0.6 is 0 Å². The molecule has 2 aromatic rings. The van der Waals surface area contributed by atoms with Crippen molar-refractivity contribution in [1.29, 1.82) is 0 Å². The van der Waals surface area contributed by atoms with Crippen LogP contribution in [0.15, 0.2) is 60.7 Å². The van der Waals surface area contributed by atoms with Crippen molar-refractivity contribution in [3.8, 4) is 0 Å². The summed E-state index contributed by atoms with van der Waals surface area (Å²) in [5, 5.41) is 2.47. The molecule has 3 rings (SSSR count). The Kier molecular flexibility index (Phi) is 6.39. The highest BCUT2D eigenvalue weighted by Crippen LogP contribution is 2.50. The normalized spacial score (nSPS) is 16.6. The fourth-order valence-electron chi connectivity index (χ4n) is 4.08. The molecule has 0 amide bonds. The van der Waals surface area contributed by atoms with Gasteiger partial charge >= 0.3 is 0 Å². The molecule has 0 saturated heterocycles. The molecule has 0 aliphatic heterocycles. The minimum Gasteiger partial charge on any atom is -0.407 e. The van der Waals surface area contributed by atoms with Gasteiger partial charge in [0.15, 0.2) is 0 Å². The molecule has 1 aliphatic carbocycles. The average Bonchev–Trinajstić information content (AvgIpc) is 3.42. The molecule has 1 fully saturated rings. The van der Waals surface area contributed by atoms with Crippen molar-refractivity contribution in [3.05, 3.63) is 60.7 Å². The smallest absolute Gasteiger partial charge is 0.264 e. The lowest BCUT2D eigenvalue weighted by Gasteiger charge is -2.44. The zero-order valence-corrected chi connectivity index (χ0v) is 19.7. The van der Waals surface area contributed by atoms with Crippen molar-refractivity contribution in [1.82, 2.24) is 0 Å². The lowest BCUT2D eigenvalue weighted by molar-refractivity contribution is 0.186. The highest BCUT2D eigenvalue weighted by molar-refractivity contribution is 7.85. The quantitative estimate of drug-likeness (QED) is 0.448. The van der Waals surface area contributed by atoms with E-state index in [-0.39, 0.29) is 17.1 Å². The van der Waals surface area contributed by atoms with Crippen LogP contribution in [-0.4, -0.2) is 36.2 Å². The van der Waals surface area contributed by atoms with E-state index in [0.29, 0.717) is 13.0 Å². The molecule has 0 radical (unpaired) electrons. The third kappa shape index (κ3) is 5.18. The van der Waals surface area contributed by atoms with Crippen LogP contribution in [0.2, 0.25) is 5.04 Å². The Bertz CT molecular complexity index is 861. The summed E-state index contributed by atoms with van der Waals surface area (Å²) in [4.78, 5) is 0. The lowest BCUT2D eigenvalue weighted by Crippen LogP contribution is -2.67. The summed E-state index contributed by atoms with van der Waals surface area (Å²) in [6.07, 6.45) is 3.92. The maximum atomic E-state index is 11.3. The second-order valence-electron chi connectivity index (χ2n) is 9.23. The Hall–Kier alpha value is -1.47. The van der Waals surface area contributed by atoms with Crippen molar-refractivity contribution in [2.45, 2.75) is 45.1 Å². The van der Waals surface area contributed by atoms with Gasteiger partial charge in [-0.05, 0) is 40.1 Å². The van der Waals surface area contributed by atoms with Crippen LogP contribution in [-0.2, 0) is 18.7 Å². The summed E-state index contributed by atoms with van der Waals surface area (Å²) in [6.45, 7) is 7.67. The van der Waals surface area contributed by atoms with Crippen molar-refractivity contribution in [2.24, 2.45) is 5.41 Å². The Morgan fingerprint density at radius 1 is 0.931 bits per heavy atom. The van der Waals surface area contributed by atoms with E-state index in [9.17, 15) is 8.42 Å². The van der Waals surface area contributed by atoms with Gasteiger partial charge in [-0.3, -0.25) is 4.18 Å². The van der Waals surface area contributed by atoms with Gasteiger partial charge < -0.3 is 4.43 Å². The fourth-order valence-corrected chi connectivity index (χ4v) is 9.14. The predicted octanol–water partition coefficient (Wildman–Crippen LogP) is 3.71. The molecule has 1 aliphatic rings. The average molecular weight is 433 g/mol. The van der Waals surface area contributed by atoms with Crippen molar-refractivity contribution < 1.29 is 17.0 Å². The van der Waals surface area contributed by atoms with Crippen molar-refractivity contribution >= 4 is 28.8 Å². The van der Waals surface area contributed by atoms with Gasteiger partial charge in [0.2, 0.25) is 0 Å². The van der Waals surface area contributed by atoms with E-state index in [2.05, 4.69) is 69.3 Å². The number of rotatable bonds is 9. The standard InChI is InChI=1S/C23H32O4SSi/c1-22(2,3)29(20-11-7-5-8-12-20,21-13-9-6-10-14-21)27-19-23(15-16-23)17-18-26-28(4,24)25/h5-14H,15-19H2,1-4H3. The maximum Gasteiger partial charge on any atom is 0.264 e. The van der Waals surface area contributed by atoms with Gasteiger partial charge in [0.05, 0.1) is 12.9 Å². The summed E-state index contributed by atoms with van der Waals surface area (Å²) < 4.78 is 34.6. The van der Waals surface area contributed by atoms with E-state index in [1.807, 2.05) is 12.1 Å². The van der Waals surface area contributed by atoms with E-state index >= 15 is 0 Å². The van der Waals surface area contributed by atoms with Gasteiger partial charge in [-0.25, -0.2) is 0 Å². The lowest BCUT2D eigenvalue weighted by atomic mass is 10.1. The zero-order valence-electron chi connectivity index (χ0n) is 17.9. The first-order chi connectivity index (χ1) is 13.6. The Morgan fingerprint density at radius 2 is 1.41 bits per heavy atom. The molecule has 0 aromatic heterocycles. The monoisotopic (exact) mass is 432 g/mol. The highest BCUT2D eigenvalue weighted by atomic mass is 32.2.